The number of carbonyl (C=O) groups excluding carboxylic acids is 1. The van der Waals surface area contributed by atoms with Crippen molar-refractivity contribution >= 4 is 23.0 Å². The van der Waals surface area contributed by atoms with E-state index in [1.165, 1.54) is 12.1 Å². The molecule has 1 fully saturated rings. The predicted molar refractivity (Wildman–Crippen MR) is 110 cm³/mol. The molecule has 1 amide bonds. The van der Waals surface area contributed by atoms with Crippen molar-refractivity contribution in [2.75, 3.05) is 57.2 Å². The van der Waals surface area contributed by atoms with E-state index in [2.05, 4.69) is 15.1 Å². The van der Waals surface area contributed by atoms with Crippen LogP contribution in [0.2, 0.25) is 0 Å². The Morgan fingerprint density at radius 2 is 1.76 bits per heavy atom. The molecule has 1 aliphatic rings. The zero-order valence-corrected chi connectivity index (χ0v) is 16.5. The lowest BCUT2D eigenvalue weighted by Gasteiger charge is -2.35. The highest BCUT2D eigenvalue weighted by molar-refractivity contribution is 5.94. The van der Waals surface area contributed by atoms with Gasteiger partial charge in [-0.3, -0.25) is 19.8 Å². The first-order chi connectivity index (χ1) is 14.0. The number of piperazine rings is 1. The molecule has 0 spiro atoms. The number of rotatable bonds is 7. The van der Waals surface area contributed by atoms with Crippen LogP contribution in [0.25, 0.3) is 0 Å². The van der Waals surface area contributed by atoms with Crippen LogP contribution in [0.3, 0.4) is 0 Å². The Morgan fingerprint density at radius 3 is 2.34 bits per heavy atom. The van der Waals surface area contributed by atoms with Crippen molar-refractivity contribution in [3.05, 3.63) is 52.6 Å². The molecule has 2 aromatic rings. The quantitative estimate of drug-likeness (QED) is 0.563. The zero-order chi connectivity index (χ0) is 20.8. The highest BCUT2D eigenvalue weighted by Crippen LogP contribution is 2.29. The number of amides is 1. The van der Waals surface area contributed by atoms with Crippen LogP contribution >= 0.6 is 0 Å². The maximum Gasteiger partial charge on any atom is 0.269 e. The van der Waals surface area contributed by atoms with Gasteiger partial charge in [-0.1, -0.05) is 0 Å². The summed E-state index contributed by atoms with van der Waals surface area (Å²) in [5.41, 5.74) is 1.60. The summed E-state index contributed by atoms with van der Waals surface area (Å²) in [5.74, 6) is 1.08. The van der Waals surface area contributed by atoms with Gasteiger partial charge in [-0.2, -0.15) is 0 Å². The lowest BCUT2D eigenvalue weighted by Crippen LogP contribution is -2.48. The number of hydrogen-bond donors (Lipinski definition) is 1. The van der Waals surface area contributed by atoms with Crippen molar-refractivity contribution in [3.8, 4) is 11.5 Å². The van der Waals surface area contributed by atoms with Gasteiger partial charge in [0.05, 0.1) is 31.4 Å². The molecule has 9 heteroatoms. The number of nitro benzene ring substituents is 1. The van der Waals surface area contributed by atoms with Crippen LogP contribution in [0.4, 0.5) is 17.1 Å². The van der Waals surface area contributed by atoms with Crippen molar-refractivity contribution in [1.29, 1.82) is 0 Å². The molecule has 1 saturated heterocycles. The van der Waals surface area contributed by atoms with Crippen LogP contribution < -0.4 is 19.7 Å². The van der Waals surface area contributed by atoms with Gasteiger partial charge in [0.15, 0.2) is 0 Å². The van der Waals surface area contributed by atoms with Gasteiger partial charge >= 0.3 is 0 Å². The fourth-order valence-corrected chi connectivity index (χ4v) is 3.25. The van der Waals surface area contributed by atoms with Crippen LogP contribution in [0.1, 0.15) is 0 Å². The number of hydrogen-bond acceptors (Lipinski definition) is 7. The number of benzene rings is 2. The first kappa shape index (κ1) is 20.4. The zero-order valence-electron chi connectivity index (χ0n) is 16.5. The van der Waals surface area contributed by atoms with Gasteiger partial charge in [-0.25, -0.2) is 0 Å². The smallest absolute Gasteiger partial charge is 0.269 e. The third-order valence-electron chi connectivity index (χ3n) is 4.85. The van der Waals surface area contributed by atoms with Gasteiger partial charge in [0.2, 0.25) is 5.91 Å². The summed E-state index contributed by atoms with van der Waals surface area (Å²) in [4.78, 5) is 27.1. The Bertz CT molecular complexity index is 864. The number of non-ortho nitro benzene ring substituents is 1. The molecule has 2 aromatic carbocycles. The van der Waals surface area contributed by atoms with Crippen molar-refractivity contribution in [2.45, 2.75) is 0 Å². The molecule has 0 saturated carbocycles. The minimum Gasteiger partial charge on any atom is -0.497 e. The molecular weight excluding hydrogens is 376 g/mol. The van der Waals surface area contributed by atoms with E-state index in [4.69, 9.17) is 9.47 Å². The van der Waals surface area contributed by atoms with E-state index in [0.29, 0.717) is 17.2 Å². The van der Waals surface area contributed by atoms with E-state index in [-0.39, 0.29) is 18.1 Å². The largest absolute Gasteiger partial charge is 0.497 e. The summed E-state index contributed by atoms with van der Waals surface area (Å²) in [6.07, 6.45) is 0. The first-order valence-electron chi connectivity index (χ1n) is 9.24. The topological polar surface area (TPSA) is 97.2 Å². The van der Waals surface area contributed by atoms with Gasteiger partial charge in [0.1, 0.15) is 11.5 Å². The third-order valence-corrected chi connectivity index (χ3v) is 4.85. The predicted octanol–water partition coefficient (Wildman–Crippen LogP) is 2.37. The van der Waals surface area contributed by atoms with E-state index in [1.54, 1.807) is 44.6 Å². The van der Waals surface area contributed by atoms with Gasteiger partial charge in [0.25, 0.3) is 5.69 Å². The average Bonchev–Trinajstić information content (AvgIpc) is 2.74. The van der Waals surface area contributed by atoms with E-state index in [9.17, 15) is 14.9 Å². The SMILES string of the molecule is COc1ccc(OC)c(NC(=O)CN2CCN(c3ccc([N+](=O)[O-])cc3)CC2)c1. The van der Waals surface area contributed by atoms with Gasteiger partial charge in [-0.05, 0) is 24.3 Å². The second-order valence-corrected chi connectivity index (χ2v) is 6.65. The van der Waals surface area contributed by atoms with E-state index in [1.807, 2.05) is 0 Å². The van der Waals surface area contributed by atoms with Gasteiger partial charge in [0, 0.05) is 50.1 Å². The highest BCUT2D eigenvalue weighted by Gasteiger charge is 2.20. The maximum atomic E-state index is 12.5. The molecule has 9 nitrogen and oxygen atoms in total. The number of carbonyl (C=O) groups is 1. The Hall–Kier alpha value is -3.33. The number of methoxy groups -OCH3 is 2. The van der Waals surface area contributed by atoms with Crippen molar-refractivity contribution in [1.82, 2.24) is 4.90 Å². The minimum absolute atomic E-state index is 0.0806. The fourth-order valence-electron chi connectivity index (χ4n) is 3.25. The van der Waals surface area contributed by atoms with Crippen LogP contribution in [-0.2, 0) is 4.79 Å². The number of anilines is 2. The molecule has 0 aromatic heterocycles. The van der Waals surface area contributed by atoms with Gasteiger partial charge in [-0.15, -0.1) is 0 Å². The molecule has 0 radical (unpaired) electrons. The standard InChI is InChI=1S/C20H24N4O5/c1-28-17-7-8-19(29-2)18(13-17)21-20(25)14-22-9-11-23(12-10-22)15-3-5-16(6-4-15)24(26)27/h3-8,13H,9-12,14H2,1-2H3,(H,21,25). The normalized spacial score (nSPS) is 14.3. The molecule has 0 aliphatic carbocycles. The number of ether oxygens (including phenoxy) is 2. The Labute approximate surface area is 169 Å². The third kappa shape index (κ3) is 5.14. The van der Waals surface area contributed by atoms with E-state index in [0.717, 1.165) is 31.9 Å². The van der Waals surface area contributed by atoms with Crippen LogP contribution in [-0.4, -0.2) is 62.7 Å². The molecular formula is C20H24N4O5. The molecule has 0 unspecified atom stereocenters. The highest BCUT2D eigenvalue weighted by atomic mass is 16.6. The number of nitro groups is 1. The molecule has 1 N–H and O–H groups in total. The van der Waals surface area contributed by atoms with Gasteiger partial charge < -0.3 is 19.7 Å². The number of nitrogens with one attached hydrogen (secondary N) is 1. The summed E-state index contributed by atoms with van der Waals surface area (Å²) in [7, 11) is 3.12. The summed E-state index contributed by atoms with van der Waals surface area (Å²) < 4.78 is 10.5. The second-order valence-electron chi connectivity index (χ2n) is 6.65. The summed E-state index contributed by atoms with van der Waals surface area (Å²) in [5, 5.41) is 13.7. The van der Waals surface area contributed by atoms with E-state index >= 15 is 0 Å². The summed E-state index contributed by atoms with van der Waals surface area (Å²) >= 11 is 0. The Kier molecular flexibility index (Phi) is 6.50. The molecule has 0 atom stereocenters. The molecule has 3 rings (SSSR count). The van der Waals surface area contributed by atoms with Crippen LogP contribution in [0.15, 0.2) is 42.5 Å². The lowest BCUT2D eigenvalue weighted by molar-refractivity contribution is -0.384. The number of nitrogens with zero attached hydrogens (tertiary/aromatic N) is 3. The average molecular weight is 400 g/mol. The Morgan fingerprint density at radius 1 is 1.07 bits per heavy atom. The maximum absolute atomic E-state index is 12.5. The van der Waals surface area contributed by atoms with Crippen LogP contribution in [0, 0.1) is 10.1 Å². The molecule has 1 aliphatic heterocycles. The summed E-state index contributed by atoms with van der Waals surface area (Å²) in [6.45, 7) is 3.20. The molecule has 29 heavy (non-hydrogen) atoms. The van der Waals surface area contributed by atoms with Crippen molar-refractivity contribution in [3.63, 3.8) is 0 Å². The molecule has 1 heterocycles. The fraction of sp³-hybridized carbons (Fsp3) is 0.350. The summed E-state index contributed by atoms with van der Waals surface area (Å²) in [6, 6.07) is 11.8. The monoisotopic (exact) mass is 400 g/mol. The first-order valence-corrected chi connectivity index (χ1v) is 9.24. The molecule has 154 valence electrons. The van der Waals surface area contributed by atoms with Crippen LogP contribution in [0.5, 0.6) is 11.5 Å². The molecule has 0 bridgehead atoms. The van der Waals surface area contributed by atoms with E-state index < -0.39 is 4.92 Å². The minimum atomic E-state index is -0.405. The Balaban J connectivity index is 1.53. The second kappa shape index (κ2) is 9.24. The van der Waals surface area contributed by atoms with Crippen molar-refractivity contribution < 1.29 is 19.2 Å². The van der Waals surface area contributed by atoms with Crippen molar-refractivity contribution in [2.24, 2.45) is 0 Å². The lowest BCUT2D eigenvalue weighted by atomic mass is 10.2.